The van der Waals surface area contributed by atoms with Gasteiger partial charge in [-0.05, 0) is 23.8 Å². The van der Waals surface area contributed by atoms with E-state index in [1.807, 2.05) is 0 Å². The molecule has 0 saturated carbocycles. The van der Waals surface area contributed by atoms with Crippen molar-refractivity contribution in [3.8, 4) is 11.5 Å². The van der Waals surface area contributed by atoms with Crippen molar-refractivity contribution in [2.45, 2.75) is 23.2 Å². The molecule has 0 unspecified atom stereocenters. The maximum absolute atomic E-state index is 13.4. The lowest BCUT2D eigenvalue weighted by Crippen LogP contribution is -2.31. The Hall–Kier alpha value is -3.33. The lowest BCUT2D eigenvalue weighted by Gasteiger charge is -2.26. The fraction of sp³-hybridized carbons (Fsp3) is 0.227. The summed E-state index contributed by atoms with van der Waals surface area (Å²) in [6.07, 6.45) is 0.0935. The number of rotatable bonds is 6. The minimum absolute atomic E-state index is 0.0935. The third kappa shape index (κ3) is 4.41. The highest BCUT2D eigenvalue weighted by Crippen LogP contribution is 2.40. The molecule has 0 bridgehead atoms. The van der Waals surface area contributed by atoms with Gasteiger partial charge in [0.15, 0.2) is 5.16 Å². The van der Waals surface area contributed by atoms with Crippen LogP contribution >= 0.6 is 11.8 Å². The van der Waals surface area contributed by atoms with Crippen LogP contribution < -0.4 is 20.3 Å². The minimum atomic E-state index is -0.511. The van der Waals surface area contributed by atoms with Gasteiger partial charge < -0.3 is 19.8 Å². The average Bonchev–Trinajstić information content (AvgIpc) is 2.76. The van der Waals surface area contributed by atoms with Gasteiger partial charge in [-0.15, -0.1) is 0 Å². The molecule has 0 spiro atoms. The van der Waals surface area contributed by atoms with E-state index in [4.69, 9.17) is 9.47 Å². The molecule has 0 aliphatic carbocycles. The van der Waals surface area contributed by atoms with Crippen LogP contribution in [-0.2, 0) is 10.5 Å². The van der Waals surface area contributed by atoms with E-state index in [0.717, 1.165) is 5.56 Å². The number of fused-ring (bicyclic) bond motifs is 1. The number of carbonyl (C=O) groups excluding carboxylic acids is 1. The number of benzene rings is 2. The SMILES string of the molecule is COc1ccc([C@@H]2CC(=O)Nc3nc(SCc4cccc(F)c4)[nH]c(=O)c32)c(OC)c1. The molecule has 0 radical (unpaired) electrons. The number of nitrogens with one attached hydrogen (secondary N) is 2. The summed E-state index contributed by atoms with van der Waals surface area (Å²) in [6, 6.07) is 11.5. The summed E-state index contributed by atoms with van der Waals surface area (Å²) in [7, 11) is 3.08. The van der Waals surface area contributed by atoms with Crippen molar-refractivity contribution >= 4 is 23.5 Å². The van der Waals surface area contributed by atoms with E-state index in [9.17, 15) is 14.0 Å². The van der Waals surface area contributed by atoms with Gasteiger partial charge in [-0.3, -0.25) is 9.59 Å². The second-order valence-corrected chi connectivity index (χ2v) is 7.93. The van der Waals surface area contributed by atoms with Crippen LogP contribution in [-0.4, -0.2) is 30.1 Å². The van der Waals surface area contributed by atoms with Gasteiger partial charge in [-0.25, -0.2) is 9.37 Å². The number of halogens is 1. The molecule has 160 valence electrons. The zero-order valence-electron chi connectivity index (χ0n) is 16.9. The number of ether oxygens (including phenoxy) is 2. The Kier molecular flexibility index (Phi) is 5.94. The van der Waals surface area contributed by atoms with E-state index >= 15 is 0 Å². The molecular weight excluding hydrogens is 421 g/mol. The van der Waals surface area contributed by atoms with Crippen LogP contribution in [0, 0.1) is 5.82 Å². The Bertz CT molecular complexity index is 1200. The van der Waals surface area contributed by atoms with E-state index in [0.29, 0.717) is 33.5 Å². The number of hydrogen-bond donors (Lipinski definition) is 2. The monoisotopic (exact) mass is 441 g/mol. The number of nitrogens with zero attached hydrogens (tertiary/aromatic N) is 1. The predicted molar refractivity (Wildman–Crippen MR) is 115 cm³/mol. The summed E-state index contributed by atoms with van der Waals surface area (Å²) in [5.41, 5.74) is 1.50. The molecule has 2 aromatic carbocycles. The lowest BCUT2D eigenvalue weighted by atomic mass is 9.86. The number of thioether (sulfide) groups is 1. The number of aromatic nitrogens is 2. The first-order chi connectivity index (χ1) is 15.0. The number of H-pyrrole nitrogens is 1. The first kappa shape index (κ1) is 20.9. The van der Waals surface area contributed by atoms with Crippen molar-refractivity contribution < 1.29 is 18.7 Å². The van der Waals surface area contributed by atoms with Gasteiger partial charge in [0.2, 0.25) is 5.91 Å². The van der Waals surface area contributed by atoms with Crippen molar-refractivity contribution in [1.82, 2.24) is 9.97 Å². The number of methoxy groups -OCH3 is 2. The quantitative estimate of drug-likeness (QED) is 0.448. The molecule has 31 heavy (non-hydrogen) atoms. The molecule has 0 fully saturated rings. The Labute approximate surface area is 182 Å². The van der Waals surface area contributed by atoms with Crippen LogP contribution in [0.1, 0.15) is 29.0 Å². The number of aromatic amines is 1. The van der Waals surface area contributed by atoms with Crippen LogP contribution in [0.2, 0.25) is 0 Å². The van der Waals surface area contributed by atoms with Gasteiger partial charge in [-0.1, -0.05) is 30.0 Å². The number of carbonyl (C=O) groups is 1. The van der Waals surface area contributed by atoms with Gasteiger partial charge in [0.05, 0.1) is 19.8 Å². The van der Waals surface area contributed by atoms with Crippen molar-refractivity contribution in [2.75, 3.05) is 19.5 Å². The normalized spacial score (nSPS) is 15.2. The molecule has 1 aliphatic rings. The second-order valence-electron chi connectivity index (χ2n) is 6.96. The highest BCUT2D eigenvalue weighted by atomic mass is 32.2. The third-order valence-electron chi connectivity index (χ3n) is 5.01. The smallest absolute Gasteiger partial charge is 0.257 e. The molecular formula is C22H20FN3O4S. The maximum atomic E-state index is 13.4. The molecule has 9 heteroatoms. The van der Waals surface area contributed by atoms with Crippen LogP contribution in [0.5, 0.6) is 11.5 Å². The van der Waals surface area contributed by atoms with Gasteiger partial charge in [-0.2, -0.15) is 0 Å². The Morgan fingerprint density at radius 3 is 2.74 bits per heavy atom. The van der Waals surface area contributed by atoms with Gasteiger partial charge >= 0.3 is 0 Å². The first-order valence-electron chi connectivity index (χ1n) is 9.51. The molecule has 0 saturated heterocycles. The lowest BCUT2D eigenvalue weighted by molar-refractivity contribution is -0.116. The number of amides is 1. The topological polar surface area (TPSA) is 93.3 Å². The van der Waals surface area contributed by atoms with Crippen molar-refractivity contribution in [3.63, 3.8) is 0 Å². The van der Waals surface area contributed by atoms with Gasteiger partial charge in [0.25, 0.3) is 5.56 Å². The highest BCUT2D eigenvalue weighted by molar-refractivity contribution is 7.98. The van der Waals surface area contributed by atoms with Crippen LogP contribution in [0.4, 0.5) is 10.2 Å². The Morgan fingerprint density at radius 2 is 2.00 bits per heavy atom. The molecule has 1 amide bonds. The van der Waals surface area contributed by atoms with Gasteiger partial charge in [0.1, 0.15) is 23.1 Å². The summed E-state index contributed by atoms with van der Waals surface area (Å²) < 4.78 is 24.1. The van der Waals surface area contributed by atoms with E-state index in [2.05, 4.69) is 15.3 Å². The van der Waals surface area contributed by atoms with Crippen LogP contribution in [0.25, 0.3) is 0 Å². The van der Waals surface area contributed by atoms with Gasteiger partial charge in [0, 0.05) is 29.7 Å². The summed E-state index contributed by atoms with van der Waals surface area (Å²) in [4.78, 5) is 32.6. The average molecular weight is 441 g/mol. The van der Waals surface area contributed by atoms with E-state index in [-0.39, 0.29) is 29.5 Å². The second kappa shape index (κ2) is 8.81. The molecule has 2 heterocycles. The number of anilines is 1. The standard InChI is InChI=1S/C22H20FN3O4S/c1-29-14-6-7-15(17(9-14)30-2)16-10-18(27)24-20-19(16)21(28)26-22(25-20)31-11-12-4-3-5-13(23)8-12/h3-9,16H,10-11H2,1-2H3,(H2,24,25,26,27,28)/t16-/m0/s1. The molecule has 1 atom stereocenters. The summed E-state index contributed by atoms with van der Waals surface area (Å²) >= 11 is 1.25. The molecule has 4 rings (SSSR count). The Balaban J connectivity index is 1.68. The van der Waals surface area contributed by atoms with E-state index in [1.165, 1.54) is 31.0 Å². The minimum Gasteiger partial charge on any atom is -0.497 e. The highest BCUT2D eigenvalue weighted by Gasteiger charge is 2.32. The summed E-state index contributed by atoms with van der Waals surface area (Å²) in [6.45, 7) is 0. The first-order valence-corrected chi connectivity index (χ1v) is 10.5. The van der Waals surface area contributed by atoms with E-state index in [1.54, 1.807) is 37.4 Å². The molecule has 7 nitrogen and oxygen atoms in total. The van der Waals surface area contributed by atoms with Crippen molar-refractivity contribution in [3.05, 3.63) is 75.3 Å². The zero-order chi connectivity index (χ0) is 22.0. The summed E-state index contributed by atoms with van der Waals surface area (Å²) in [5.74, 6) is 0.699. The Morgan fingerprint density at radius 1 is 1.16 bits per heavy atom. The van der Waals surface area contributed by atoms with E-state index < -0.39 is 5.92 Å². The third-order valence-corrected chi connectivity index (χ3v) is 5.95. The summed E-state index contributed by atoms with van der Waals surface area (Å²) in [5, 5.41) is 3.04. The maximum Gasteiger partial charge on any atom is 0.257 e. The molecule has 1 aromatic heterocycles. The molecule has 1 aliphatic heterocycles. The predicted octanol–water partition coefficient (Wildman–Crippen LogP) is 3.69. The number of hydrogen-bond acceptors (Lipinski definition) is 6. The van der Waals surface area contributed by atoms with Crippen molar-refractivity contribution in [2.24, 2.45) is 0 Å². The molecule has 3 aromatic rings. The molecule has 2 N–H and O–H groups in total. The van der Waals surface area contributed by atoms with Crippen LogP contribution in [0.3, 0.4) is 0 Å². The van der Waals surface area contributed by atoms with Crippen molar-refractivity contribution in [1.29, 1.82) is 0 Å². The zero-order valence-corrected chi connectivity index (χ0v) is 17.7. The van der Waals surface area contributed by atoms with Crippen LogP contribution in [0.15, 0.2) is 52.4 Å². The fourth-order valence-electron chi connectivity index (χ4n) is 3.57. The largest absolute Gasteiger partial charge is 0.497 e. The fourth-order valence-corrected chi connectivity index (χ4v) is 4.37.